The molecule has 3 heterocycles. The van der Waals surface area contributed by atoms with Gasteiger partial charge in [0.05, 0.1) is 12.7 Å². The van der Waals surface area contributed by atoms with Gasteiger partial charge in [0.2, 0.25) is 0 Å². The van der Waals surface area contributed by atoms with E-state index in [9.17, 15) is 9.59 Å². The highest BCUT2D eigenvalue weighted by atomic mass is 35.5. The zero-order chi connectivity index (χ0) is 22.2. The van der Waals surface area contributed by atoms with Gasteiger partial charge in [-0.2, -0.15) is 0 Å². The van der Waals surface area contributed by atoms with Crippen molar-refractivity contribution in [3.8, 4) is 5.88 Å². The molecule has 1 aliphatic carbocycles. The summed E-state index contributed by atoms with van der Waals surface area (Å²) in [6, 6.07) is 5.90. The first-order valence-electron chi connectivity index (χ1n) is 10.5. The molecule has 0 saturated carbocycles. The van der Waals surface area contributed by atoms with Crippen molar-refractivity contribution < 1.29 is 19.1 Å². The van der Waals surface area contributed by atoms with Gasteiger partial charge in [-0.1, -0.05) is 23.7 Å². The molecule has 1 saturated heterocycles. The van der Waals surface area contributed by atoms with Crippen molar-refractivity contribution in [2.45, 2.75) is 37.5 Å². The Hall–Kier alpha value is -2.95. The first kappa shape index (κ1) is 20.9. The van der Waals surface area contributed by atoms with Crippen molar-refractivity contribution in [1.82, 2.24) is 15.3 Å². The smallest absolute Gasteiger partial charge is 0.415 e. The van der Waals surface area contributed by atoms with Crippen LogP contribution in [0.2, 0.25) is 5.02 Å². The summed E-state index contributed by atoms with van der Waals surface area (Å²) in [5.41, 5.74) is 8.59. The molecule has 1 aromatic heterocycles. The molecule has 0 radical (unpaired) electrons. The molecule has 3 aliphatic rings. The third-order valence-electron chi connectivity index (χ3n) is 5.96. The molecular weight excluding hydrogens is 436 g/mol. The lowest BCUT2D eigenvalue weighted by atomic mass is 10.1. The highest BCUT2D eigenvalue weighted by molar-refractivity contribution is 6.31. The maximum atomic E-state index is 12.3. The number of benzene rings is 1. The third kappa shape index (κ3) is 3.96. The molecule has 32 heavy (non-hydrogen) atoms. The van der Waals surface area contributed by atoms with E-state index in [1.165, 1.54) is 11.1 Å². The number of carbonyl (C=O) groups is 2. The first-order valence-corrected chi connectivity index (χ1v) is 10.9. The SMILES string of the molecule is NC1c2cccc(Cl)c2CC1NCCCC1CN(c2cnc3c(n2)NC(=O)CO3)C(=O)O1. The number of hydrogen-bond acceptors (Lipinski definition) is 8. The molecule has 1 aromatic carbocycles. The summed E-state index contributed by atoms with van der Waals surface area (Å²) in [5.74, 6) is 0.433. The minimum absolute atomic E-state index is 0.0875. The predicted octanol–water partition coefficient (Wildman–Crippen LogP) is 1.78. The largest absolute Gasteiger partial charge is 0.465 e. The van der Waals surface area contributed by atoms with Crippen LogP contribution in [0, 0.1) is 0 Å². The van der Waals surface area contributed by atoms with E-state index in [4.69, 9.17) is 26.8 Å². The minimum atomic E-state index is -0.483. The van der Waals surface area contributed by atoms with Crippen LogP contribution in [0.25, 0.3) is 0 Å². The van der Waals surface area contributed by atoms with Crippen LogP contribution in [0.3, 0.4) is 0 Å². The first-order chi connectivity index (χ1) is 15.5. The quantitative estimate of drug-likeness (QED) is 0.558. The standard InChI is InChI=1S/C21H23ClN6O4/c22-14-5-1-4-12-13(14)7-15(18(12)23)24-6-2-3-11-9-28(21(30)32-11)16-8-25-20-19(26-16)27-17(29)10-31-20/h1,4-5,8,11,15,18,24H,2-3,6-7,9-10,23H2,(H,26,27,29). The molecule has 0 bridgehead atoms. The molecular formula is C21H23ClN6O4. The average Bonchev–Trinajstić information content (AvgIpc) is 3.31. The van der Waals surface area contributed by atoms with E-state index in [0.717, 1.165) is 35.5 Å². The van der Waals surface area contributed by atoms with Crippen LogP contribution >= 0.6 is 11.6 Å². The summed E-state index contributed by atoms with van der Waals surface area (Å²) >= 11 is 6.30. The topological polar surface area (TPSA) is 132 Å². The number of anilines is 2. The van der Waals surface area contributed by atoms with Gasteiger partial charge in [0, 0.05) is 17.1 Å². The van der Waals surface area contributed by atoms with Crippen molar-refractivity contribution >= 4 is 35.2 Å². The van der Waals surface area contributed by atoms with Gasteiger partial charge in [0.1, 0.15) is 6.10 Å². The number of halogens is 1. The maximum absolute atomic E-state index is 12.3. The van der Waals surface area contributed by atoms with Crippen LogP contribution in [0.15, 0.2) is 24.4 Å². The summed E-state index contributed by atoms with van der Waals surface area (Å²) in [5, 5.41) is 6.86. The van der Waals surface area contributed by atoms with E-state index >= 15 is 0 Å². The highest BCUT2D eigenvalue weighted by Gasteiger charge is 2.34. The molecule has 4 N–H and O–H groups in total. The second-order valence-electron chi connectivity index (χ2n) is 8.08. The molecule has 1 fully saturated rings. The van der Waals surface area contributed by atoms with E-state index in [0.29, 0.717) is 18.8 Å². The van der Waals surface area contributed by atoms with Gasteiger partial charge >= 0.3 is 6.09 Å². The number of amides is 2. The number of nitrogens with two attached hydrogens (primary N) is 1. The fraction of sp³-hybridized carbons (Fsp3) is 0.429. The Labute approximate surface area is 189 Å². The van der Waals surface area contributed by atoms with E-state index in [1.54, 1.807) is 0 Å². The minimum Gasteiger partial charge on any atom is -0.465 e. The normalized spacial score (nSPS) is 23.9. The number of carbonyl (C=O) groups excluding carboxylic acids is 2. The number of ether oxygens (including phenoxy) is 2. The fourth-order valence-corrected chi connectivity index (χ4v) is 4.59. The number of fused-ring (bicyclic) bond motifs is 2. The Balaban J connectivity index is 1.12. The van der Waals surface area contributed by atoms with Crippen LogP contribution in [0.4, 0.5) is 16.4 Å². The van der Waals surface area contributed by atoms with Gasteiger partial charge in [0.15, 0.2) is 18.2 Å². The molecule has 3 unspecified atom stereocenters. The lowest BCUT2D eigenvalue weighted by molar-refractivity contribution is -0.118. The fourth-order valence-electron chi connectivity index (χ4n) is 4.33. The number of nitrogens with zero attached hydrogens (tertiary/aromatic N) is 3. The van der Waals surface area contributed by atoms with Crippen LogP contribution in [-0.2, 0) is 16.0 Å². The third-order valence-corrected chi connectivity index (χ3v) is 6.31. The van der Waals surface area contributed by atoms with Crippen molar-refractivity contribution in [3.63, 3.8) is 0 Å². The molecule has 3 atom stereocenters. The van der Waals surface area contributed by atoms with E-state index in [-0.39, 0.29) is 42.4 Å². The van der Waals surface area contributed by atoms with E-state index in [2.05, 4.69) is 20.6 Å². The molecule has 2 aromatic rings. The molecule has 168 valence electrons. The summed E-state index contributed by atoms with van der Waals surface area (Å²) in [6.07, 6.45) is 3.02. The van der Waals surface area contributed by atoms with Gasteiger partial charge in [-0.25, -0.2) is 14.8 Å². The summed E-state index contributed by atoms with van der Waals surface area (Å²) < 4.78 is 10.7. The zero-order valence-corrected chi connectivity index (χ0v) is 18.0. The molecule has 10 nitrogen and oxygen atoms in total. The molecule has 2 aliphatic heterocycles. The van der Waals surface area contributed by atoms with Crippen LogP contribution in [-0.4, -0.2) is 53.8 Å². The average molecular weight is 459 g/mol. The van der Waals surface area contributed by atoms with Crippen molar-refractivity contribution in [1.29, 1.82) is 0 Å². The van der Waals surface area contributed by atoms with Gasteiger partial charge < -0.3 is 25.8 Å². The molecule has 2 amide bonds. The second kappa shape index (κ2) is 8.53. The Morgan fingerprint density at radius 3 is 3.06 bits per heavy atom. The van der Waals surface area contributed by atoms with Crippen LogP contribution in [0.5, 0.6) is 5.88 Å². The Bertz CT molecular complexity index is 1070. The van der Waals surface area contributed by atoms with Crippen molar-refractivity contribution in [2.75, 3.05) is 29.9 Å². The van der Waals surface area contributed by atoms with Gasteiger partial charge in [-0.15, -0.1) is 0 Å². The number of nitrogens with one attached hydrogen (secondary N) is 2. The van der Waals surface area contributed by atoms with Gasteiger partial charge in [-0.3, -0.25) is 9.69 Å². The summed E-state index contributed by atoms with van der Waals surface area (Å²) in [7, 11) is 0. The van der Waals surface area contributed by atoms with E-state index < -0.39 is 6.09 Å². The number of aromatic nitrogens is 2. The van der Waals surface area contributed by atoms with Crippen LogP contribution in [0.1, 0.15) is 30.0 Å². The molecule has 0 spiro atoms. The second-order valence-corrected chi connectivity index (χ2v) is 8.48. The zero-order valence-electron chi connectivity index (χ0n) is 17.2. The molecule has 5 rings (SSSR count). The van der Waals surface area contributed by atoms with Crippen molar-refractivity contribution in [3.05, 3.63) is 40.5 Å². The Kier molecular flexibility index (Phi) is 5.58. The van der Waals surface area contributed by atoms with Gasteiger partial charge in [-0.05, 0) is 43.0 Å². The maximum Gasteiger partial charge on any atom is 0.415 e. The number of rotatable bonds is 6. The summed E-state index contributed by atoms with van der Waals surface area (Å²) in [6.45, 7) is 1.01. The summed E-state index contributed by atoms with van der Waals surface area (Å²) in [4.78, 5) is 33.6. The Morgan fingerprint density at radius 2 is 2.22 bits per heavy atom. The highest BCUT2D eigenvalue weighted by Crippen LogP contribution is 2.34. The number of hydrogen-bond donors (Lipinski definition) is 3. The molecule has 11 heteroatoms. The van der Waals surface area contributed by atoms with Crippen LogP contribution < -0.4 is 26.0 Å². The predicted molar refractivity (Wildman–Crippen MR) is 117 cm³/mol. The number of cyclic esters (lactones) is 1. The van der Waals surface area contributed by atoms with Gasteiger partial charge in [0.25, 0.3) is 11.8 Å². The van der Waals surface area contributed by atoms with E-state index in [1.807, 2.05) is 18.2 Å². The lowest BCUT2D eigenvalue weighted by Crippen LogP contribution is -2.37. The monoisotopic (exact) mass is 458 g/mol. The lowest BCUT2D eigenvalue weighted by Gasteiger charge is -2.19. The Morgan fingerprint density at radius 1 is 1.34 bits per heavy atom. The van der Waals surface area contributed by atoms with Crippen molar-refractivity contribution in [2.24, 2.45) is 5.73 Å².